The van der Waals surface area contributed by atoms with Crippen LogP contribution < -0.4 is 10.1 Å². The molecule has 0 aromatic heterocycles. The molecule has 1 N–H and O–H groups in total. The average Bonchev–Trinajstić information content (AvgIpc) is 2.60. The van der Waals surface area contributed by atoms with Crippen molar-refractivity contribution in [1.82, 2.24) is 5.32 Å². The molecule has 4 nitrogen and oxygen atoms in total. The Balaban J connectivity index is 1.87. The second-order valence-electron chi connectivity index (χ2n) is 7.00. The summed E-state index contributed by atoms with van der Waals surface area (Å²) in [7, 11) is 0. The van der Waals surface area contributed by atoms with Crippen molar-refractivity contribution in [3.8, 4) is 5.75 Å². The van der Waals surface area contributed by atoms with E-state index < -0.39 is 0 Å². The van der Waals surface area contributed by atoms with Gasteiger partial charge in [-0.15, -0.1) is 0 Å². The van der Waals surface area contributed by atoms with Gasteiger partial charge in [-0.3, -0.25) is 9.59 Å². The second kappa shape index (κ2) is 9.18. The Morgan fingerprint density at radius 2 is 1.73 bits per heavy atom. The molecule has 0 fully saturated rings. The third-order valence-electron chi connectivity index (χ3n) is 4.11. The summed E-state index contributed by atoms with van der Waals surface area (Å²) in [5.74, 6) is 0.904. The summed E-state index contributed by atoms with van der Waals surface area (Å²) in [6, 6.07) is 15.1. The molecule has 2 aromatic carbocycles. The highest BCUT2D eigenvalue weighted by Crippen LogP contribution is 2.16. The van der Waals surface area contributed by atoms with Crippen LogP contribution in [-0.4, -0.2) is 18.3 Å². The minimum Gasteiger partial charge on any atom is -0.484 e. The lowest BCUT2D eigenvalue weighted by molar-refractivity contribution is -0.123. The van der Waals surface area contributed by atoms with Crippen LogP contribution >= 0.6 is 0 Å². The number of rotatable bonds is 8. The van der Waals surface area contributed by atoms with Gasteiger partial charge >= 0.3 is 0 Å². The van der Waals surface area contributed by atoms with Crippen LogP contribution in [0.2, 0.25) is 0 Å². The van der Waals surface area contributed by atoms with Gasteiger partial charge in [0.1, 0.15) is 5.75 Å². The molecule has 2 rings (SSSR count). The molecule has 1 atom stereocenters. The molecule has 1 unspecified atom stereocenters. The molecule has 0 aliphatic rings. The zero-order valence-corrected chi connectivity index (χ0v) is 15.9. The quantitative estimate of drug-likeness (QED) is 0.718. The zero-order valence-electron chi connectivity index (χ0n) is 15.9. The van der Waals surface area contributed by atoms with Crippen molar-refractivity contribution < 1.29 is 14.3 Å². The number of Topliss-reactive ketones (excluding diaryl/α,β-unsaturated/α-hetero) is 1. The first-order valence-corrected chi connectivity index (χ1v) is 8.97. The Labute approximate surface area is 155 Å². The standard InChI is InChI=1S/C22H27NO3/c1-15(2)12-18-8-10-19(11-9-18)16(3)23-22(25)14-26-21-7-5-6-20(13-21)17(4)24/h5-11,13,15-16H,12,14H2,1-4H3,(H,23,25). The Bertz CT molecular complexity index is 750. The predicted molar refractivity (Wildman–Crippen MR) is 103 cm³/mol. The van der Waals surface area contributed by atoms with Crippen molar-refractivity contribution in [2.24, 2.45) is 5.92 Å². The summed E-state index contributed by atoms with van der Waals surface area (Å²) in [6.07, 6.45) is 1.05. The molecule has 1 amide bonds. The van der Waals surface area contributed by atoms with E-state index in [9.17, 15) is 9.59 Å². The van der Waals surface area contributed by atoms with Crippen LogP contribution in [-0.2, 0) is 11.2 Å². The first-order valence-electron chi connectivity index (χ1n) is 8.97. The van der Waals surface area contributed by atoms with Gasteiger partial charge in [0.2, 0.25) is 0 Å². The first-order chi connectivity index (χ1) is 12.3. The first kappa shape index (κ1) is 19.7. The molecule has 0 bridgehead atoms. The monoisotopic (exact) mass is 353 g/mol. The van der Waals surface area contributed by atoms with Crippen LogP contribution in [0.3, 0.4) is 0 Å². The molecule has 138 valence electrons. The maximum absolute atomic E-state index is 12.1. The fraction of sp³-hybridized carbons (Fsp3) is 0.364. The number of hydrogen-bond donors (Lipinski definition) is 1. The number of carbonyl (C=O) groups excluding carboxylic acids is 2. The van der Waals surface area contributed by atoms with E-state index >= 15 is 0 Å². The molecule has 0 spiro atoms. The number of carbonyl (C=O) groups is 2. The van der Waals surface area contributed by atoms with Crippen LogP contribution in [0.25, 0.3) is 0 Å². The van der Waals surface area contributed by atoms with Gasteiger partial charge in [-0.2, -0.15) is 0 Å². The SMILES string of the molecule is CC(=O)c1cccc(OCC(=O)NC(C)c2ccc(CC(C)C)cc2)c1. The maximum Gasteiger partial charge on any atom is 0.258 e. The molecule has 0 saturated heterocycles. The molecule has 0 radical (unpaired) electrons. The van der Waals surface area contributed by atoms with Crippen molar-refractivity contribution in [3.63, 3.8) is 0 Å². The van der Waals surface area contributed by atoms with E-state index in [1.807, 2.05) is 6.92 Å². The van der Waals surface area contributed by atoms with Crippen LogP contribution in [0, 0.1) is 5.92 Å². The van der Waals surface area contributed by atoms with Crippen LogP contribution in [0.5, 0.6) is 5.75 Å². The molecule has 2 aromatic rings. The van der Waals surface area contributed by atoms with E-state index in [4.69, 9.17) is 4.74 Å². The van der Waals surface area contributed by atoms with E-state index in [2.05, 4.69) is 43.4 Å². The number of benzene rings is 2. The van der Waals surface area contributed by atoms with Crippen molar-refractivity contribution in [3.05, 3.63) is 65.2 Å². The molecular formula is C22H27NO3. The van der Waals surface area contributed by atoms with Gasteiger partial charge in [0, 0.05) is 5.56 Å². The van der Waals surface area contributed by atoms with Gasteiger partial charge < -0.3 is 10.1 Å². The zero-order chi connectivity index (χ0) is 19.1. The maximum atomic E-state index is 12.1. The lowest BCUT2D eigenvalue weighted by atomic mass is 10.00. The highest BCUT2D eigenvalue weighted by atomic mass is 16.5. The summed E-state index contributed by atoms with van der Waals surface area (Å²) in [5, 5.41) is 2.93. The van der Waals surface area contributed by atoms with Gasteiger partial charge in [0.25, 0.3) is 5.91 Å². The van der Waals surface area contributed by atoms with Crippen LogP contribution in [0.1, 0.15) is 55.2 Å². The summed E-state index contributed by atoms with van der Waals surface area (Å²) < 4.78 is 5.49. The normalized spacial score (nSPS) is 11.9. The largest absolute Gasteiger partial charge is 0.484 e. The van der Waals surface area contributed by atoms with E-state index in [1.54, 1.807) is 24.3 Å². The molecule has 4 heteroatoms. The van der Waals surface area contributed by atoms with Gasteiger partial charge in [-0.05, 0) is 49.4 Å². The number of hydrogen-bond acceptors (Lipinski definition) is 3. The predicted octanol–water partition coefficient (Wildman–Crippen LogP) is 4.34. The lowest BCUT2D eigenvalue weighted by Crippen LogP contribution is -2.31. The number of ether oxygens (including phenoxy) is 1. The third-order valence-corrected chi connectivity index (χ3v) is 4.11. The summed E-state index contributed by atoms with van der Waals surface area (Å²) >= 11 is 0. The van der Waals surface area contributed by atoms with Gasteiger partial charge in [0.05, 0.1) is 6.04 Å². The van der Waals surface area contributed by atoms with E-state index in [0.717, 1.165) is 12.0 Å². The summed E-state index contributed by atoms with van der Waals surface area (Å²) in [4.78, 5) is 23.5. The highest BCUT2D eigenvalue weighted by Gasteiger charge is 2.11. The molecule has 0 aliphatic carbocycles. The molecule has 0 saturated carbocycles. The van der Waals surface area contributed by atoms with E-state index in [0.29, 0.717) is 17.2 Å². The molecule has 0 aliphatic heterocycles. The third kappa shape index (κ3) is 6.03. The molecule has 26 heavy (non-hydrogen) atoms. The van der Waals surface area contributed by atoms with Gasteiger partial charge in [-0.25, -0.2) is 0 Å². The molecular weight excluding hydrogens is 326 g/mol. The second-order valence-corrected chi connectivity index (χ2v) is 7.00. The van der Waals surface area contributed by atoms with Crippen molar-refractivity contribution >= 4 is 11.7 Å². The Morgan fingerprint density at radius 3 is 2.35 bits per heavy atom. The minimum atomic E-state index is -0.197. The van der Waals surface area contributed by atoms with E-state index in [1.165, 1.54) is 12.5 Å². The van der Waals surface area contributed by atoms with Crippen LogP contribution in [0.15, 0.2) is 48.5 Å². The molecule has 0 heterocycles. The fourth-order valence-electron chi connectivity index (χ4n) is 2.73. The lowest BCUT2D eigenvalue weighted by Gasteiger charge is -2.16. The number of amides is 1. The van der Waals surface area contributed by atoms with Gasteiger partial charge in [-0.1, -0.05) is 50.2 Å². The Morgan fingerprint density at radius 1 is 1.04 bits per heavy atom. The number of nitrogens with one attached hydrogen (secondary N) is 1. The Kier molecular flexibility index (Phi) is 6.96. The number of ketones is 1. The van der Waals surface area contributed by atoms with E-state index in [-0.39, 0.29) is 24.3 Å². The smallest absolute Gasteiger partial charge is 0.258 e. The minimum absolute atomic E-state index is 0.0329. The fourth-order valence-corrected chi connectivity index (χ4v) is 2.73. The highest BCUT2D eigenvalue weighted by molar-refractivity contribution is 5.94. The van der Waals surface area contributed by atoms with Gasteiger partial charge in [0.15, 0.2) is 12.4 Å². The van der Waals surface area contributed by atoms with Crippen LogP contribution in [0.4, 0.5) is 0 Å². The summed E-state index contributed by atoms with van der Waals surface area (Å²) in [6.45, 7) is 7.76. The Hall–Kier alpha value is -2.62. The summed E-state index contributed by atoms with van der Waals surface area (Å²) in [5.41, 5.74) is 2.93. The van der Waals surface area contributed by atoms with Crippen molar-refractivity contribution in [1.29, 1.82) is 0 Å². The van der Waals surface area contributed by atoms with Crippen molar-refractivity contribution in [2.45, 2.75) is 40.2 Å². The topological polar surface area (TPSA) is 55.4 Å². The average molecular weight is 353 g/mol. The van der Waals surface area contributed by atoms with Crippen molar-refractivity contribution in [2.75, 3.05) is 6.61 Å².